The van der Waals surface area contributed by atoms with Crippen LogP contribution in [0.4, 0.5) is 8.78 Å². The zero-order chi connectivity index (χ0) is 14.7. The van der Waals surface area contributed by atoms with Crippen LogP contribution in [0.25, 0.3) is 5.69 Å². The molecule has 5 nitrogen and oxygen atoms in total. The molecule has 1 heterocycles. The summed E-state index contributed by atoms with van der Waals surface area (Å²) in [5.41, 5.74) is 5.03. The first-order valence-electron chi connectivity index (χ1n) is 5.65. The number of nitrogens with zero attached hydrogens (tertiary/aromatic N) is 3. The van der Waals surface area contributed by atoms with E-state index in [1.54, 1.807) is 6.07 Å². The minimum absolute atomic E-state index is 0.0254. The van der Waals surface area contributed by atoms with Gasteiger partial charge < -0.3 is 5.73 Å². The van der Waals surface area contributed by atoms with Crippen molar-refractivity contribution >= 4 is 15.9 Å². The van der Waals surface area contributed by atoms with E-state index in [1.165, 1.54) is 18.5 Å². The van der Waals surface area contributed by atoms with Crippen LogP contribution in [-0.2, 0) is 6.54 Å². The molecule has 106 valence electrons. The second-order valence-corrected chi connectivity index (χ2v) is 4.92. The molecule has 0 aliphatic heterocycles. The molecule has 0 bridgehead atoms. The lowest BCUT2D eigenvalue weighted by atomic mass is 10.3. The summed E-state index contributed by atoms with van der Waals surface area (Å²) in [4.78, 5) is 12.1. The zero-order valence-electron chi connectivity index (χ0n) is 10.3. The summed E-state index contributed by atoms with van der Waals surface area (Å²) in [6, 6.07) is 4.29. The number of hydrogen-bond donors (Lipinski definition) is 1. The van der Waals surface area contributed by atoms with Crippen LogP contribution in [0, 0.1) is 5.82 Å². The quantitative estimate of drug-likeness (QED) is 0.918. The summed E-state index contributed by atoms with van der Waals surface area (Å²) in [5.74, 6) is -0.568. The van der Waals surface area contributed by atoms with Crippen molar-refractivity contribution in [2.45, 2.75) is 6.54 Å². The number of halogens is 3. The fourth-order valence-corrected chi connectivity index (χ4v) is 1.96. The molecule has 8 heteroatoms. The number of hydrogen-bond acceptors (Lipinski definition) is 3. The average molecular weight is 345 g/mol. The predicted octanol–water partition coefficient (Wildman–Crippen LogP) is 1.75. The van der Waals surface area contributed by atoms with Crippen LogP contribution in [0.1, 0.15) is 0 Å². The Morgan fingerprint density at radius 3 is 2.85 bits per heavy atom. The van der Waals surface area contributed by atoms with Crippen molar-refractivity contribution in [2.75, 3.05) is 6.54 Å². The monoisotopic (exact) mass is 344 g/mol. The average Bonchev–Trinajstić information content (AvgIpc) is 2.77. The molecule has 2 aromatic rings. The van der Waals surface area contributed by atoms with Gasteiger partial charge in [-0.25, -0.2) is 22.8 Å². The van der Waals surface area contributed by atoms with Crippen LogP contribution in [0.3, 0.4) is 0 Å². The van der Waals surface area contributed by atoms with E-state index in [2.05, 4.69) is 21.0 Å². The molecule has 20 heavy (non-hydrogen) atoms. The third-order valence-corrected chi connectivity index (χ3v) is 3.17. The highest BCUT2D eigenvalue weighted by molar-refractivity contribution is 9.10. The van der Waals surface area contributed by atoms with E-state index in [1.807, 2.05) is 0 Å². The fourth-order valence-electron chi connectivity index (χ4n) is 1.62. The topological polar surface area (TPSA) is 65.8 Å². The van der Waals surface area contributed by atoms with Crippen molar-refractivity contribution < 1.29 is 8.78 Å². The third kappa shape index (κ3) is 2.86. The molecule has 1 aromatic carbocycles. The van der Waals surface area contributed by atoms with Crippen molar-refractivity contribution in [2.24, 2.45) is 5.73 Å². The SMILES string of the molecule is NC/C(=C/F)Cn1ncn(-c2ccc(Br)cc2F)c1=O. The third-order valence-electron chi connectivity index (χ3n) is 2.67. The van der Waals surface area contributed by atoms with Gasteiger partial charge in [0.15, 0.2) is 0 Å². The van der Waals surface area contributed by atoms with E-state index in [-0.39, 0.29) is 24.4 Å². The largest absolute Gasteiger partial charge is 0.350 e. The minimum atomic E-state index is -0.570. The maximum absolute atomic E-state index is 13.8. The second kappa shape index (κ2) is 6.10. The Morgan fingerprint density at radius 1 is 1.50 bits per heavy atom. The van der Waals surface area contributed by atoms with Gasteiger partial charge in [0.25, 0.3) is 0 Å². The molecule has 2 rings (SSSR count). The first kappa shape index (κ1) is 14.6. The number of nitrogens with two attached hydrogens (primary N) is 1. The Morgan fingerprint density at radius 2 is 2.25 bits per heavy atom. The van der Waals surface area contributed by atoms with E-state index in [9.17, 15) is 13.6 Å². The molecule has 1 aromatic heterocycles. The van der Waals surface area contributed by atoms with Crippen LogP contribution in [0.5, 0.6) is 0 Å². The molecule has 0 saturated heterocycles. The first-order chi connectivity index (χ1) is 9.56. The molecular formula is C12H11BrF2N4O. The highest BCUT2D eigenvalue weighted by Crippen LogP contribution is 2.17. The van der Waals surface area contributed by atoms with E-state index < -0.39 is 11.5 Å². The lowest BCUT2D eigenvalue weighted by Gasteiger charge is -2.03. The van der Waals surface area contributed by atoms with Gasteiger partial charge in [-0.05, 0) is 23.8 Å². The summed E-state index contributed by atoms with van der Waals surface area (Å²) < 4.78 is 28.9. The highest BCUT2D eigenvalue weighted by Gasteiger charge is 2.12. The zero-order valence-corrected chi connectivity index (χ0v) is 11.8. The van der Waals surface area contributed by atoms with Crippen LogP contribution < -0.4 is 11.4 Å². The molecule has 0 saturated carbocycles. The van der Waals surface area contributed by atoms with Crippen molar-refractivity contribution in [3.8, 4) is 5.69 Å². The summed E-state index contributed by atoms with van der Waals surface area (Å²) in [6.45, 7) is -0.0978. The summed E-state index contributed by atoms with van der Waals surface area (Å²) >= 11 is 3.13. The van der Waals surface area contributed by atoms with Gasteiger partial charge in [0.2, 0.25) is 0 Å². The van der Waals surface area contributed by atoms with Gasteiger partial charge in [0.1, 0.15) is 12.1 Å². The molecule has 0 aliphatic rings. The first-order valence-corrected chi connectivity index (χ1v) is 6.44. The molecular weight excluding hydrogens is 334 g/mol. The molecule has 0 unspecified atom stereocenters. The van der Waals surface area contributed by atoms with Crippen molar-refractivity contribution in [1.82, 2.24) is 14.3 Å². The number of aromatic nitrogens is 3. The van der Waals surface area contributed by atoms with Gasteiger partial charge in [0.05, 0.1) is 18.6 Å². The number of benzene rings is 1. The molecule has 0 atom stereocenters. The van der Waals surface area contributed by atoms with Gasteiger partial charge in [0, 0.05) is 11.0 Å². The van der Waals surface area contributed by atoms with E-state index in [4.69, 9.17) is 5.73 Å². The maximum Gasteiger partial charge on any atom is 0.350 e. The van der Waals surface area contributed by atoms with E-state index >= 15 is 0 Å². The lowest BCUT2D eigenvalue weighted by Crippen LogP contribution is -2.26. The van der Waals surface area contributed by atoms with Gasteiger partial charge in [-0.15, -0.1) is 0 Å². The Balaban J connectivity index is 2.41. The summed E-state index contributed by atoms with van der Waals surface area (Å²) in [7, 11) is 0. The Kier molecular flexibility index (Phi) is 4.46. The summed E-state index contributed by atoms with van der Waals surface area (Å²) in [6.07, 6.45) is 1.52. The van der Waals surface area contributed by atoms with Gasteiger partial charge in [-0.1, -0.05) is 15.9 Å². The maximum atomic E-state index is 13.8. The standard InChI is InChI=1S/C12H11BrF2N4O/c13-9-1-2-11(10(15)3-9)18-7-17-19(12(18)20)6-8(4-14)5-16/h1-4,7H,5-6,16H2/b8-4-. The van der Waals surface area contributed by atoms with Crippen LogP contribution in [0.2, 0.25) is 0 Å². The van der Waals surface area contributed by atoms with Crippen molar-refractivity contribution in [3.63, 3.8) is 0 Å². The van der Waals surface area contributed by atoms with Gasteiger partial charge >= 0.3 is 5.69 Å². The van der Waals surface area contributed by atoms with E-state index in [0.29, 0.717) is 10.8 Å². The Bertz CT molecular complexity index is 708. The molecule has 0 fully saturated rings. The molecule has 0 spiro atoms. The minimum Gasteiger partial charge on any atom is -0.327 e. The smallest absolute Gasteiger partial charge is 0.327 e. The summed E-state index contributed by atoms with van der Waals surface area (Å²) in [5, 5.41) is 3.82. The van der Waals surface area contributed by atoms with Gasteiger partial charge in [-0.3, -0.25) is 0 Å². The van der Waals surface area contributed by atoms with Crippen LogP contribution in [0.15, 0.2) is 45.7 Å². The normalized spacial score (nSPS) is 11.9. The lowest BCUT2D eigenvalue weighted by molar-refractivity contribution is 0.601. The van der Waals surface area contributed by atoms with Crippen molar-refractivity contribution in [1.29, 1.82) is 0 Å². The van der Waals surface area contributed by atoms with Gasteiger partial charge in [-0.2, -0.15) is 5.10 Å². The Hall–Kier alpha value is -1.80. The molecule has 0 amide bonds. The molecule has 0 radical (unpaired) electrons. The highest BCUT2D eigenvalue weighted by atomic mass is 79.9. The predicted molar refractivity (Wildman–Crippen MR) is 73.7 cm³/mol. The fraction of sp³-hybridized carbons (Fsp3) is 0.167. The van der Waals surface area contributed by atoms with Crippen LogP contribution >= 0.6 is 15.9 Å². The Labute approximate surface area is 121 Å². The molecule has 0 aliphatic carbocycles. The van der Waals surface area contributed by atoms with Crippen molar-refractivity contribution in [3.05, 3.63) is 57.2 Å². The van der Waals surface area contributed by atoms with Crippen LogP contribution in [-0.4, -0.2) is 20.9 Å². The molecule has 2 N–H and O–H groups in total. The van der Waals surface area contributed by atoms with E-state index in [0.717, 1.165) is 9.25 Å². The second-order valence-electron chi connectivity index (χ2n) is 4.01. The number of rotatable bonds is 4.